The highest BCUT2D eigenvalue weighted by Crippen LogP contribution is 2.47. The molecule has 0 amide bonds. The van der Waals surface area contributed by atoms with E-state index in [9.17, 15) is 9.59 Å². The minimum absolute atomic E-state index is 0.0387. The number of carbonyl (C=O) groups excluding carboxylic acids is 2. The van der Waals surface area contributed by atoms with Crippen molar-refractivity contribution in [1.29, 1.82) is 0 Å². The molecule has 2 aromatic carbocycles. The van der Waals surface area contributed by atoms with E-state index < -0.39 is 11.9 Å². The normalized spacial score (nSPS) is 20.4. The molecule has 4 rings (SSSR count). The lowest BCUT2D eigenvalue weighted by atomic mass is 9.71. The summed E-state index contributed by atoms with van der Waals surface area (Å²) in [5.41, 5.74) is 4.62. The Morgan fingerprint density at radius 3 is 2.47 bits per heavy atom. The van der Waals surface area contributed by atoms with Gasteiger partial charge in [-0.05, 0) is 62.8 Å². The summed E-state index contributed by atoms with van der Waals surface area (Å²) in [6, 6.07) is 15.7. The van der Waals surface area contributed by atoms with Gasteiger partial charge in [-0.25, -0.2) is 4.79 Å². The molecule has 1 N–H and O–H groups in total. The van der Waals surface area contributed by atoms with E-state index in [4.69, 9.17) is 14.2 Å². The SMILES string of the molecule is CCOc1ccc([C@H]2C(C(=O)O[C@H](C)CC)=C(C)NC3=C2C(=O)C[C@H](c2ccccc2)C3)cc1OC. The molecule has 0 bridgehead atoms. The predicted octanol–water partition coefficient (Wildman–Crippen LogP) is 5.80. The highest BCUT2D eigenvalue weighted by atomic mass is 16.5. The molecule has 36 heavy (non-hydrogen) atoms. The van der Waals surface area contributed by atoms with E-state index in [0.717, 1.165) is 16.8 Å². The number of benzene rings is 2. The summed E-state index contributed by atoms with van der Waals surface area (Å²) < 4.78 is 17.1. The first-order valence-electron chi connectivity index (χ1n) is 12.7. The molecule has 3 atom stereocenters. The maximum atomic E-state index is 13.7. The Labute approximate surface area is 213 Å². The number of ketones is 1. The molecule has 1 heterocycles. The first-order valence-corrected chi connectivity index (χ1v) is 12.7. The Balaban J connectivity index is 1.82. The van der Waals surface area contributed by atoms with E-state index in [1.165, 1.54) is 0 Å². The van der Waals surface area contributed by atoms with Crippen LogP contribution < -0.4 is 14.8 Å². The van der Waals surface area contributed by atoms with E-state index in [2.05, 4.69) is 17.4 Å². The number of ether oxygens (including phenoxy) is 3. The monoisotopic (exact) mass is 489 g/mol. The lowest BCUT2D eigenvalue weighted by Crippen LogP contribution is -2.36. The summed E-state index contributed by atoms with van der Waals surface area (Å²) in [5, 5.41) is 3.41. The first-order chi connectivity index (χ1) is 17.4. The summed E-state index contributed by atoms with van der Waals surface area (Å²) in [4.78, 5) is 27.2. The molecule has 0 saturated heterocycles. The van der Waals surface area contributed by atoms with Crippen LogP contribution in [0.3, 0.4) is 0 Å². The molecule has 0 spiro atoms. The van der Waals surface area contributed by atoms with E-state index in [0.29, 0.717) is 54.2 Å². The molecule has 0 unspecified atom stereocenters. The van der Waals surface area contributed by atoms with Gasteiger partial charge in [0.1, 0.15) is 0 Å². The summed E-state index contributed by atoms with van der Waals surface area (Å²) in [6.45, 7) is 8.15. The Morgan fingerprint density at radius 1 is 1.06 bits per heavy atom. The van der Waals surface area contributed by atoms with Crippen molar-refractivity contribution in [1.82, 2.24) is 5.32 Å². The second-order valence-electron chi connectivity index (χ2n) is 9.40. The topological polar surface area (TPSA) is 73.9 Å². The van der Waals surface area contributed by atoms with Crippen molar-refractivity contribution in [3.63, 3.8) is 0 Å². The number of allylic oxidation sites excluding steroid dienone is 3. The molecule has 6 nitrogen and oxygen atoms in total. The fourth-order valence-electron chi connectivity index (χ4n) is 5.07. The molecular weight excluding hydrogens is 454 g/mol. The number of hydrogen-bond donors (Lipinski definition) is 1. The predicted molar refractivity (Wildman–Crippen MR) is 139 cm³/mol. The van der Waals surface area contributed by atoms with Crippen LogP contribution in [-0.4, -0.2) is 31.6 Å². The standard InChI is InChI=1S/C30H35NO5/c1-6-18(3)36-30(33)27-19(4)31-23-15-22(20-11-9-8-10-12-20)16-24(32)29(23)28(27)21-13-14-25(35-7-2)26(17-21)34-5/h8-14,17-18,22,28,31H,6-7,15-16H2,1-5H3/t18-,22-,28+/m1/s1. The van der Waals surface area contributed by atoms with Crippen molar-refractivity contribution in [2.75, 3.05) is 13.7 Å². The zero-order valence-corrected chi connectivity index (χ0v) is 21.7. The van der Waals surface area contributed by atoms with Crippen molar-refractivity contribution in [2.45, 2.75) is 64.9 Å². The average Bonchev–Trinajstić information content (AvgIpc) is 2.88. The van der Waals surface area contributed by atoms with Crippen LogP contribution >= 0.6 is 0 Å². The molecule has 190 valence electrons. The molecular formula is C30H35NO5. The van der Waals surface area contributed by atoms with Crippen molar-refractivity contribution < 1.29 is 23.8 Å². The summed E-state index contributed by atoms with van der Waals surface area (Å²) in [5.74, 6) is 0.352. The van der Waals surface area contributed by atoms with Gasteiger partial charge in [0, 0.05) is 29.3 Å². The van der Waals surface area contributed by atoms with Crippen LogP contribution in [0, 0.1) is 0 Å². The Bertz CT molecular complexity index is 1200. The Kier molecular flexibility index (Phi) is 7.82. The number of dihydropyridines is 1. The molecule has 1 aliphatic heterocycles. The van der Waals surface area contributed by atoms with Gasteiger partial charge in [0.25, 0.3) is 0 Å². The maximum absolute atomic E-state index is 13.7. The third-order valence-electron chi connectivity index (χ3n) is 7.02. The van der Waals surface area contributed by atoms with Crippen molar-refractivity contribution >= 4 is 11.8 Å². The van der Waals surface area contributed by atoms with Gasteiger partial charge >= 0.3 is 5.97 Å². The Morgan fingerprint density at radius 2 is 1.81 bits per heavy atom. The number of nitrogens with one attached hydrogen (secondary N) is 1. The maximum Gasteiger partial charge on any atom is 0.337 e. The van der Waals surface area contributed by atoms with Crippen molar-refractivity contribution in [2.24, 2.45) is 0 Å². The fourth-order valence-corrected chi connectivity index (χ4v) is 5.07. The van der Waals surface area contributed by atoms with Gasteiger partial charge < -0.3 is 19.5 Å². The molecule has 6 heteroatoms. The number of methoxy groups -OCH3 is 1. The van der Waals surface area contributed by atoms with Crippen LogP contribution in [-0.2, 0) is 14.3 Å². The van der Waals surface area contributed by atoms with Crippen LogP contribution in [0.4, 0.5) is 0 Å². The molecule has 2 aliphatic rings. The lowest BCUT2D eigenvalue weighted by Gasteiger charge is -2.37. The highest BCUT2D eigenvalue weighted by molar-refractivity contribution is 6.04. The number of Topliss-reactive ketones (excluding diaryl/α,β-unsaturated/α-hetero) is 1. The van der Waals surface area contributed by atoms with Gasteiger partial charge in [-0.3, -0.25) is 4.79 Å². The van der Waals surface area contributed by atoms with Crippen LogP contribution in [0.2, 0.25) is 0 Å². The summed E-state index contributed by atoms with van der Waals surface area (Å²) in [7, 11) is 1.59. The number of esters is 1. The second kappa shape index (κ2) is 11.0. The number of rotatable bonds is 8. The van der Waals surface area contributed by atoms with E-state index >= 15 is 0 Å². The van der Waals surface area contributed by atoms with Crippen LogP contribution in [0.15, 0.2) is 71.1 Å². The van der Waals surface area contributed by atoms with E-state index in [-0.39, 0.29) is 17.8 Å². The average molecular weight is 490 g/mol. The van der Waals surface area contributed by atoms with Crippen molar-refractivity contribution in [3.05, 3.63) is 82.2 Å². The third kappa shape index (κ3) is 5.03. The van der Waals surface area contributed by atoms with Crippen LogP contribution in [0.1, 0.15) is 69.9 Å². The quantitative estimate of drug-likeness (QED) is 0.473. The third-order valence-corrected chi connectivity index (χ3v) is 7.02. The lowest BCUT2D eigenvalue weighted by molar-refractivity contribution is -0.144. The van der Waals surface area contributed by atoms with E-state index in [1.807, 2.05) is 64.1 Å². The molecule has 0 radical (unpaired) electrons. The minimum atomic E-state index is -0.549. The van der Waals surface area contributed by atoms with Gasteiger partial charge in [-0.2, -0.15) is 0 Å². The summed E-state index contributed by atoms with van der Waals surface area (Å²) >= 11 is 0. The number of carbonyl (C=O) groups is 2. The smallest absolute Gasteiger partial charge is 0.337 e. The molecule has 0 saturated carbocycles. The van der Waals surface area contributed by atoms with Gasteiger partial charge in [-0.15, -0.1) is 0 Å². The first kappa shape index (κ1) is 25.5. The molecule has 0 fully saturated rings. The zero-order valence-electron chi connectivity index (χ0n) is 21.7. The largest absolute Gasteiger partial charge is 0.493 e. The minimum Gasteiger partial charge on any atom is -0.493 e. The second-order valence-corrected chi connectivity index (χ2v) is 9.40. The van der Waals surface area contributed by atoms with Crippen LogP contribution in [0.25, 0.3) is 0 Å². The van der Waals surface area contributed by atoms with Crippen LogP contribution in [0.5, 0.6) is 11.5 Å². The van der Waals surface area contributed by atoms with E-state index in [1.54, 1.807) is 7.11 Å². The van der Waals surface area contributed by atoms with Gasteiger partial charge in [0.05, 0.1) is 25.4 Å². The van der Waals surface area contributed by atoms with Gasteiger partial charge in [-0.1, -0.05) is 43.3 Å². The summed E-state index contributed by atoms with van der Waals surface area (Å²) in [6.07, 6.45) is 1.56. The zero-order chi connectivity index (χ0) is 25.8. The van der Waals surface area contributed by atoms with Gasteiger partial charge in [0.2, 0.25) is 0 Å². The van der Waals surface area contributed by atoms with Crippen molar-refractivity contribution in [3.8, 4) is 11.5 Å². The van der Waals surface area contributed by atoms with Gasteiger partial charge in [0.15, 0.2) is 17.3 Å². The Hall–Kier alpha value is -3.54. The number of hydrogen-bond acceptors (Lipinski definition) is 6. The molecule has 2 aromatic rings. The molecule has 1 aliphatic carbocycles. The highest BCUT2D eigenvalue weighted by Gasteiger charge is 2.42. The molecule has 0 aromatic heterocycles. The fraction of sp³-hybridized carbons (Fsp3) is 0.400.